The first-order valence-electron chi connectivity index (χ1n) is 6.17. The van der Waals surface area contributed by atoms with Crippen molar-refractivity contribution in [1.29, 1.82) is 0 Å². The Kier molecular flexibility index (Phi) is 4.00. The Morgan fingerprint density at radius 2 is 1.62 bits per heavy atom. The molecule has 1 saturated heterocycles. The van der Waals surface area contributed by atoms with Crippen LogP contribution in [0, 0.1) is 11.3 Å². The number of nitrogens with one attached hydrogen (secondary N) is 1. The van der Waals surface area contributed by atoms with Gasteiger partial charge in [0.1, 0.15) is 5.60 Å². The number of esters is 1. The summed E-state index contributed by atoms with van der Waals surface area (Å²) < 4.78 is 5.68. The summed E-state index contributed by atoms with van der Waals surface area (Å²) in [6, 6.07) is 0. The molecule has 0 aromatic carbocycles. The van der Waals surface area contributed by atoms with E-state index in [1.54, 1.807) is 0 Å². The third kappa shape index (κ3) is 3.48. The van der Waals surface area contributed by atoms with E-state index < -0.39 is 5.41 Å². The average Bonchev–Trinajstić information content (AvgIpc) is 2.17. The molecule has 1 aliphatic rings. The van der Waals surface area contributed by atoms with E-state index in [0.29, 0.717) is 5.92 Å². The lowest BCUT2D eigenvalue weighted by molar-refractivity contribution is -0.172. The largest absolute Gasteiger partial charge is 0.459 e. The fourth-order valence-electron chi connectivity index (χ4n) is 1.99. The fourth-order valence-corrected chi connectivity index (χ4v) is 1.99. The Morgan fingerprint density at radius 3 is 2.06 bits per heavy atom. The van der Waals surface area contributed by atoms with E-state index in [0.717, 1.165) is 25.9 Å². The highest BCUT2D eigenvalue weighted by atomic mass is 16.6. The first-order valence-corrected chi connectivity index (χ1v) is 6.17. The molecule has 0 amide bonds. The lowest BCUT2D eigenvalue weighted by atomic mass is 9.83. The van der Waals surface area contributed by atoms with Gasteiger partial charge in [-0.1, -0.05) is 0 Å². The number of carbonyl (C=O) groups excluding carboxylic acids is 1. The molecule has 3 heteroatoms. The van der Waals surface area contributed by atoms with Gasteiger partial charge in [0, 0.05) is 5.92 Å². The van der Waals surface area contributed by atoms with E-state index in [1.165, 1.54) is 0 Å². The molecule has 0 bridgehead atoms. The van der Waals surface area contributed by atoms with Crippen LogP contribution in [0.25, 0.3) is 0 Å². The van der Waals surface area contributed by atoms with E-state index in [1.807, 2.05) is 34.6 Å². The zero-order valence-corrected chi connectivity index (χ0v) is 11.2. The second-order valence-corrected chi connectivity index (χ2v) is 6.27. The summed E-state index contributed by atoms with van der Waals surface area (Å²) in [4.78, 5) is 11.9. The van der Waals surface area contributed by atoms with Gasteiger partial charge in [-0.2, -0.15) is 0 Å². The number of rotatable bonds is 2. The quantitative estimate of drug-likeness (QED) is 0.736. The maximum absolute atomic E-state index is 11.9. The van der Waals surface area contributed by atoms with Crippen molar-refractivity contribution >= 4 is 5.97 Å². The summed E-state index contributed by atoms with van der Waals surface area (Å²) in [5.74, 6) is 0.371. The summed E-state index contributed by atoms with van der Waals surface area (Å²) in [7, 11) is 0. The lowest BCUT2D eigenvalue weighted by Gasteiger charge is -2.38. The SMILES string of the molecule is CC(C)(C)C(=O)OC(C)(C)C1CCNCC1. The zero-order chi connectivity index (χ0) is 12.4. The topological polar surface area (TPSA) is 38.3 Å². The van der Waals surface area contributed by atoms with Crippen molar-refractivity contribution in [1.82, 2.24) is 5.32 Å². The van der Waals surface area contributed by atoms with Crippen LogP contribution in [0.4, 0.5) is 0 Å². The number of piperidine rings is 1. The predicted octanol–water partition coefficient (Wildman–Crippen LogP) is 2.35. The molecular weight excluding hydrogens is 202 g/mol. The lowest BCUT2D eigenvalue weighted by Crippen LogP contribution is -2.44. The van der Waals surface area contributed by atoms with E-state index >= 15 is 0 Å². The van der Waals surface area contributed by atoms with Gasteiger partial charge >= 0.3 is 5.97 Å². The molecular formula is C13H25NO2. The van der Waals surface area contributed by atoms with Crippen LogP contribution in [-0.2, 0) is 9.53 Å². The monoisotopic (exact) mass is 227 g/mol. The van der Waals surface area contributed by atoms with Crippen molar-refractivity contribution in [3.05, 3.63) is 0 Å². The molecule has 1 aliphatic heterocycles. The van der Waals surface area contributed by atoms with Crippen molar-refractivity contribution in [2.75, 3.05) is 13.1 Å². The predicted molar refractivity (Wildman–Crippen MR) is 65.2 cm³/mol. The molecule has 16 heavy (non-hydrogen) atoms. The number of hydrogen-bond donors (Lipinski definition) is 1. The van der Waals surface area contributed by atoms with Crippen LogP contribution in [0.2, 0.25) is 0 Å². The summed E-state index contributed by atoms with van der Waals surface area (Å²) in [5, 5.41) is 3.33. The molecule has 0 unspecified atom stereocenters. The first-order chi connectivity index (χ1) is 7.23. The van der Waals surface area contributed by atoms with Crippen LogP contribution < -0.4 is 5.32 Å². The van der Waals surface area contributed by atoms with Gasteiger partial charge in [0.05, 0.1) is 5.41 Å². The van der Waals surface area contributed by atoms with Gasteiger partial charge in [0.25, 0.3) is 0 Å². The Labute approximate surface area is 98.9 Å². The molecule has 0 radical (unpaired) electrons. The Morgan fingerprint density at radius 1 is 1.12 bits per heavy atom. The molecule has 3 nitrogen and oxygen atoms in total. The van der Waals surface area contributed by atoms with Crippen LogP contribution in [0.3, 0.4) is 0 Å². The van der Waals surface area contributed by atoms with Crippen LogP contribution in [-0.4, -0.2) is 24.7 Å². The van der Waals surface area contributed by atoms with Gasteiger partial charge in [0.15, 0.2) is 0 Å². The minimum atomic E-state index is -0.413. The highest BCUT2D eigenvalue weighted by Crippen LogP contribution is 2.31. The standard InChI is InChI=1S/C13H25NO2/c1-12(2,3)11(15)16-13(4,5)10-6-8-14-9-7-10/h10,14H,6-9H2,1-5H3. The van der Waals surface area contributed by atoms with Gasteiger partial charge in [0.2, 0.25) is 0 Å². The number of ether oxygens (including phenoxy) is 1. The Hall–Kier alpha value is -0.570. The maximum Gasteiger partial charge on any atom is 0.311 e. The van der Waals surface area contributed by atoms with E-state index in [-0.39, 0.29) is 11.6 Å². The van der Waals surface area contributed by atoms with E-state index in [9.17, 15) is 4.79 Å². The molecule has 0 atom stereocenters. The Bertz CT molecular complexity index is 247. The second kappa shape index (κ2) is 4.74. The molecule has 0 saturated carbocycles. The highest BCUT2D eigenvalue weighted by Gasteiger charge is 2.36. The van der Waals surface area contributed by atoms with Crippen LogP contribution in [0.15, 0.2) is 0 Å². The van der Waals surface area contributed by atoms with Crippen molar-refractivity contribution < 1.29 is 9.53 Å². The van der Waals surface area contributed by atoms with Crippen LogP contribution in [0.1, 0.15) is 47.5 Å². The first kappa shape index (κ1) is 13.5. The number of carbonyl (C=O) groups is 1. The smallest absolute Gasteiger partial charge is 0.311 e. The molecule has 1 rings (SSSR count). The normalized spacial score (nSPS) is 19.6. The van der Waals surface area contributed by atoms with Crippen LogP contribution in [0.5, 0.6) is 0 Å². The molecule has 0 aromatic heterocycles. The van der Waals surface area contributed by atoms with E-state index in [4.69, 9.17) is 4.74 Å². The van der Waals surface area contributed by atoms with Crippen molar-refractivity contribution in [2.45, 2.75) is 53.1 Å². The third-order valence-electron chi connectivity index (χ3n) is 3.29. The number of hydrogen-bond acceptors (Lipinski definition) is 3. The second-order valence-electron chi connectivity index (χ2n) is 6.27. The van der Waals surface area contributed by atoms with Crippen molar-refractivity contribution in [3.63, 3.8) is 0 Å². The van der Waals surface area contributed by atoms with E-state index in [2.05, 4.69) is 5.32 Å². The molecule has 0 spiro atoms. The minimum absolute atomic E-state index is 0.101. The molecule has 0 aliphatic carbocycles. The van der Waals surface area contributed by atoms with Gasteiger partial charge in [-0.05, 0) is 60.5 Å². The molecule has 1 heterocycles. The highest BCUT2D eigenvalue weighted by molar-refractivity contribution is 5.75. The summed E-state index contributed by atoms with van der Waals surface area (Å²) in [5.41, 5.74) is -0.753. The summed E-state index contributed by atoms with van der Waals surface area (Å²) in [6.45, 7) is 11.8. The average molecular weight is 227 g/mol. The fraction of sp³-hybridized carbons (Fsp3) is 0.923. The minimum Gasteiger partial charge on any atom is -0.459 e. The molecule has 94 valence electrons. The molecule has 1 fully saturated rings. The third-order valence-corrected chi connectivity index (χ3v) is 3.29. The Balaban J connectivity index is 2.59. The van der Waals surface area contributed by atoms with Gasteiger partial charge in [-0.15, -0.1) is 0 Å². The summed E-state index contributed by atoms with van der Waals surface area (Å²) >= 11 is 0. The maximum atomic E-state index is 11.9. The van der Waals surface area contributed by atoms with Gasteiger partial charge < -0.3 is 10.1 Å². The molecule has 1 N–H and O–H groups in total. The summed E-state index contributed by atoms with van der Waals surface area (Å²) in [6.07, 6.45) is 2.18. The van der Waals surface area contributed by atoms with Gasteiger partial charge in [-0.25, -0.2) is 0 Å². The molecule has 0 aromatic rings. The zero-order valence-electron chi connectivity index (χ0n) is 11.2. The van der Waals surface area contributed by atoms with Crippen molar-refractivity contribution in [2.24, 2.45) is 11.3 Å². The van der Waals surface area contributed by atoms with Gasteiger partial charge in [-0.3, -0.25) is 4.79 Å². The van der Waals surface area contributed by atoms with Crippen LogP contribution >= 0.6 is 0 Å². The van der Waals surface area contributed by atoms with Crippen molar-refractivity contribution in [3.8, 4) is 0 Å².